The molecular weight excluding hydrogens is 325 g/mol. The Morgan fingerprint density at radius 2 is 1.86 bits per heavy atom. The molecule has 4 nitrogen and oxygen atoms in total. The molecule has 0 saturated heterocycles. The fraction of sp³-hybridized carbons (Fsp3) is 0.375. The monoisotopic (exact) mass is 341 g/mol. The van der Waals surface area contributed by atoms with Crippen LogP contribution in [0, 0.1) is 0 Å². The van der Waals surface area contributed by atoms with Gasteiger partial charge in [-0.1, -0.05) is 29.8 Å². The normalized spacial score (nSPS) is 15.6. The molecule has 0 aromatic heterocycles. The molecule has 1 aliphatic rings. The number of halogens is 2. The summed E-state index contributed by atoms with van der Waals surface area (Å²) in [4.78, 5) is 23.5. The molecule has 1 N–H and O–H groups in total. The topological polar surface area (TPSA) is 55.4 Å². The number of ether oxygens (including phenoxy) is 1. The molecule has 0 heterocycles. The highest BCUT2D eigenvalue weighted by Crippen LogP contribution is 2.46. The fourth-order valence-corrected chi connectivity index (χ4v) is 2.98. The average molecular weight is 342 g/mol. The summed E-state index contributed by atoms with van der Waals surface area (Å²) in [5.41, 5.74) is 0.260. The lowest BCUT2D eigenvalue weighted by Crippen LogP contribution is -2.39. The van der Waals surface area contributed by atoms with Gasteiger partial charge in [0.05, 0.1) is 6.42 Å². The van der Waals surface area contributed by atoms with Crippen molar-refractivity contribution in [3.8, 4) is 0 Å². The van der Waals surface area contributed by atoms with E-state index in [9.17, 15) is 9.59 Å². The van der Waals surface area contributed by atoms with E-state index in [1.54, 1.807) is 18.2 Å². The third-order valence-corrected chi connectivity index (χ3v) is 4.20. The molecule has 1 fully saturated rings. The van der Waals surface area contributed by atoms with Gasteiger partial charge in [0, 0.05) is 22.7 Å². The quantitative estimate of drug-likeness (QED) is 0.657. The van der Waals surface area contributed by atoms with Gasteiger partial charge in [-0.25, -0.2) is 0 Å². The van der Waals surface area contributed by atoms with Gasteiger partial charge in [-0.05, 0) is 43.0 Å². The third-order valence-electron chi connectivity index (χ3n) is 3.76. The van der Waals surface area contributed by atoms with Crippen molar-refractivity contribution in [3.05, 3.63) is 46.0 Å². The van der Waals surface area contributed by atoms with Gasteiger partial charge in [-0.3, -0.25) is 9.59 Å². The van der Waals surface area contributed by atoms with E-state index >= 15 is 0 Å². The number of nitrogens with one attached hydrogen (secondary N) is 1. The number of carbonyl (C=O) groups is 2. The molecule has 6 heteroatoms. The molecule has 0 radical (unpaired) electrons. The first kappa shape index (κ1) is 16.8. The van der Waals surface area contributed by atoms with Crippen molar-refractivity contribution in [2.24, 2.45) is 0 Å². The van der Waals surface area contributed by atoms with Crippen molar-refractivity contribution in [1.29, 1.82) is 0 Å². The van der Waals surface area contributed by atoms with Gasteiger partial charge in [-0.2, -0.15) is 0 Å². The molecule has 1 amide bonds. The first-order chi connectivity index (χ1) is 10.4. The second kappa shape index (κ2) is 6.71. The lowest BCUT2D eigenvalue weighted by molar-refractivity contribution is -0.171. The van der Waals surface area contributed by atoms with Crippen LogP contribution in [-0.4, -0.2) is 18.9 Å². The van der Waals surface area contributed by atoms with Crippen molar-refractivity contribution in [2.75, 3.05) is 7.05 Å². The number of esters is 1. The molecule has 0 atom stereocenters. The van der Waals surface area contributed by atoms with Crippen LogP contribution in [0.3, 0.4) is 0 Å². The molecule has 0 spiro atoms. The van der Waals surface area contributed by atoms with Crippen LogP contribution in [0.2, 0.25) is 10.0 Å². The van der Waals surface area contributed by atoms with Crippen LogP contribution in [0.25, 0.3) is 0 Å². The highest BCUT2D eigenvalue weighted by molar-refractivity contribution is 6.34. The third kappa shape index (κ3) is 3.62. The number of likely N-dealkylation sites (N-methyl/N-ethyl adjacent to an activating group) is 1. The minimum absolute atomic E-state index is 0.143. The Hall–Kier alpha value is -1.52. The second-order valence-corrected chi connectivity index (χ2v) is 6.21. The van der Waals surface area contributed by atoms with Crippen LogP contribution in [0.15, 0.2) is 30.4 Å². The van der Waals surface area contributed by atoms with E-state index in [0.29, 0.717) is 22.9 Å². The molecule has 1 saturated carbocycles. The zero-order chi connectivity index (χ0) is 16.3. The predicted octanol–water partition coefficient (Wildman–Crippen LogP) is 3.61. The summed E-state index contributed by atoms with van der Waals surface area (Å²) < 4.78 is 5.64. The zero-order valence-corrected chi connectivity index (χ0v) is 13.8. The van der Waals surface area contributed by atoms with E-state index in [4.69, 9.17) is 27.9 Å². The maximum atomic E-state index is 12.1. The van der Waals surface area contributed by atoms with E-state index < -0.39 is 11.6 Å². The Kier molecular flexibility index (Phi) is 5.14. The predicted molar refractivity (Wildman–Crippen MR) is 85.9 cm³/mol. The molecule has 1 aromatic carbocycles. The lowest BCUT2D eigenvalue weighted by Gasteiger charge is -2.41. The van der Waals surface area contributed by atoms with E-state index in [2.05, 4.69) is 11.9 Å². The minimum atomic E-state index is -0.700. The molecule has 1 aromatic rings. The molecule has 0 bridgehead atoms. The van der Waals surface area contributed by atoms with Crippen LogP contribution >= 0.6 is 23.2 Å². The van der Waals surface area contributed by atoms with Crippen LogP contribution < -0.4 is 5.32 Å². The van der Waals surface area contributed by atoms with Crippen LogP contribution in [-0.2, 0) is 19.9 Å². The molecule has 2 rings (SSSR count). The number of rotatable bonds is 5. The van der Waals surface area contributed by atoms with Crippen LogP contribution in [0.4, 0.5) is 0 Å². The molecule has 22 heavy (non-hydrogen) atoms. The van der Waals surface area contributed by atoms with Crippen molar-refractivity contribution in [1.82, 2.24) is 5.32 Å². The number of amides is 1. The van der Waals surface area contributed by atoms with Crippen molar-refractivity contribution in [2.45, 2.75) is 31.3 Å². The van der Waals surface area contributed by atoms with Gasteiger partial charge < -0.3 is 10.1 Å². The average Bonchev–Trinajstić information content (AvgIpc) is 2.40. The number of hydrogen-bond donors (Lipinski definition) is 1. The number of carbonyl (C=O) groups excluding carboxylic acids is 2. The SMILES string of the molecule is C=C(CC(=O)OC1(c2cc(Cl)cc(Cl)c2)CCC1)C(=O)NC. The smallest absolute Gasteiger partial charge is 0.311 e. The molecule has 118 valence electrons. The second-order valence-electron chi connectivity index (χ2n) is 5.34. The summed E-state index contributed by atoms with van der Waals surface area (Å²) in [5, 5.41) is 3.43. The van der Waals surface area contributed by atoms with Gasteiger partial charge in [0.15, 0.2) is 0 Å². The molecule has 0 aliphatic heterocycles. The van der Waals surface area contributed by atoms with Crippen molar-refractivity contribution in [3.63, 3.8) is 0 Å². The lowest BCUT2D eigenvalue weighted by atomic mass is 9.75. The standard InChI is InChI=1S/C16H17Cl2NO3/c1-10(15(21)19-2)6-14(20)22-16(4-3-5-16)11-7-12(17)9-13(18)8-11/h7-9H,1,3-6H2,2H3,(H,19,21). The summed E-state index contributed by atoms with van der Waals surface area (Å²) in [6.07, 6.45) is 2.23. The maximum absolute atomic E-state index is 12.1. The van der Waals surface area contributed by atoms with E-state index in [1.165, 1.54) is 7.05 Å². The zero-order valence-electron chi connectivity index (χ0n) is 12.2. The number of benzene rings is 1. The summed E-state index contributed by atoms with van der Waals surface area (Å²) in [6, 6.07) is 5.15. The molecule has 1 aliphatic carbocycles. The van der Waals surface area contributed by atoms with Gasteiger partial charge in [0.25, 0.3) is 0 Å². The van der Waals surface area contributed by atoms with Gasteiger partial charge in [-0.15, -0.1) is 0 Å². The van der Waals surface area contributed by atoms with E-state index in [1.807, 2.05) is 0 Å². The number of hydrogen-bond acceptors (Lipinski definition) is 3. The van der Waals surface area contributed by atoms with Gasteiger partial charge >= 0.3 is 5.97 Å². The van der Waals surface area contributed by atoms with Crippen LogP contribution in [0.5, 0.6) is 0 Å². The summed E-state index contributed by atoms with van der Waals surface area (Å²) in [5.74, 6) is -0.852. The first-order valence-electron chi connectivity index (χ1n) is 6.94. The van der Waals surface area contributed by atoms with Crippen molar-refractivity contribution < 1.29 is 14.3 Å². The van der Waals surface area contributed by atoms with Crippen LogP contribution in [0.1, 0.15) is 31.2 Å². The Morgan fingerprint density at radius 1 is 1.27 bits per heavy atom. The Bertz CT molecular complexity index is 604. The minimum Gasteiger partial charge on any atom is -0.454 e. The largest absolute Gasteiger partial charge is 0.454 e. The van der Waals surface area contributed by atoms with Gasteiger partial charge in [0.2, 0.25) is 5.91 Å². The summed E-state index contributed by atoms with van der Waals surface area (Å²) >= 11 is 12.1. The summed E-state index contributed by atoms with van der Waals surface area (Å²) in [6.45, 7) is 3.59. The van der Waals surface area contributed by atoms with E-state index in [-0.39, 0.29) is 17.9 Å². The first-order valence-corrected chi connectivity index (χ1v) is 7.70. The Labute approximate surface area is 139 Å². The Morgan fingerprint density at radius 3 is 2.32 bits per heavy atom. The highest BCUT2D eigenvalue weighted by Gasteiger charge is 2.43. The maximum Gasteiger partial charge on any atom is 0.311 e. The summed E-state index contributed by atoms with van der Waals surface area (Å²) in [7, 11) is 1.49. The molecule has 0 unspecified atom stereocenters. The van der Waals surface area contributed by atoms with E-state index in [0.717, 1.165) is 12.0 Å². The fourth-order valence-electron chi connectivity index (χ4n) is 2.45. The Balaban J connectivity index is 2.13. The van der Waals surface area contributed by atoms with Crippen molar-refractivity contribution >= 4 is 35.1 Å². The highest BCUT2D eigenvalue weighted by atomic mass is 35.5. The molecular formula is C16H17Cl2NO3. The van der Waals surface area contributed by atoms with Gasteiger partial charge in [0.1, 0.15) is 5.60 Å².